The number of rotatable bonds is 17. The van der Waals surface area contributed by atoms with Crippen molar-refractivity contribution < 1.29 is 134 Å². The van der Waals surface area contributed by atoms with Crippen LogP contribution in [0.3, 0.4) is 0 Å². The minimum Gasteiger partial charge on any atom is -0.396 e. The fourth-order valence-electron chi connectivity index (χ4n) is 19.1. The maximum atomic E-state index is 11.8. The van der Waals surface area contributed by atoms with Gasteiger partial charge in [0.1, 0.15) is 122 Å². The second kappa shape index (κ2) is 26.1. The van der Waals surface area contributed by atoms with Crippen molar-refractivity contribution in [3.63, 3.8) is 0 Å². The minimum absolute atomic E-state index is 0.0323. The minimum atomic E-state index is -2.13. The Balaban J connectivity index is 0.747. The summed E-state index contributed by atoms with van der Waals surface area (Å²) < 4.78 is 58.6. The molecule has 27 heteroatoms. The van der Waals surface area contributed by atoms with Crippen LogP contribution in [0.4, 0.5) is 0 Å². The van der Waals surface area contributed by atoms with Crippen molar-refractivity contribution >= 4 is 0 Å². The van der Waals surface area contributed by atoms with Crippen LogP contribution in [0.5, 0.6) is 0 Å². The Morgan fingerprint density at radius 1 is 0.402 bits per heavy atom. The molecular weight excluding hydrogens is 1150 g/mol. The Bertz CT molecular complexity index is 2320. The monoisotopic (exact) mass is 1250 g/mol. The molecule has 0 radical (unpaired) electrons. The molecule has 5 heterocycles. The normalized spacial score (nSPS) is 55.1. The van der Waals surface area contributed by atoms with Gasteiger partial charge in [0.05, 0.1) is 39.1 Å². The number of aliphatic hydroxyl groups excluding tert-OH is 17. The summed E-state index contributed by atoms with van der Waals surface area (Å²) in [7, 11) is 0. The van der Waals surface area contributed by atoms with E-state index >= 15 is 0 Å². The first kappa shape index (κ1) is 68.5. The molecule has 10 aliphatic rings. The van der Waals surface area contributed by atoms with Crippen LogP contribution in [-0.2, 0) is 47.4 Å². The Hall–Kier alpha value is -1.34. The van der Waals surface area contributed by atoms with Crippen molar-refractivity contribution in [2.75, 3.05) is 39.6 Å². The van der Waals surface area contributed by atoms with Gasteiger partial charge in [-0.3, -0.25) is 0 Å². The van der Waals surface area contributed by atoms with Gasteiger partial charge in [0.25, 0.3) is 0 Å². The SMILES string of the molecule is C=C(C)[C@@H]1CC[C@]2(CO)CC[C@]3(C)[C@H](CC[C@@H]4[C@@]5(C)CC[C@H](O[C@@H]6O[C@H](CO)[C@@H](O[C@@H]7O[C@H](CO)[C@@H](O[C@H]8O[C@H](CO)[C@@H](O[C@H]9O[C@H](CO)[C@@H](O[C@H]%10O[C@H](CO)[C@@H](O)[C@H](O)[C@H]%10O)[C@H](O)[C@H]9O)[C@H](O)[C@H]8O)[C@H](O)[C@H]7O)[C@H](O)[C@H]6O)C(C)(C)[C@@H]5CC[C@]43C)[C@@H]12. The van der Waals surface area contributed by atoms with Gasteiger partial charge in [-0.25, -0.2) is 0 Å². The fraction of sp³-hybridized carbons (Fsp3) is 0.967. The molecule has 87 heavy (non-hydrogen) atoms. The summed E-state index contributed by atoms with van der Waals surface area (Å²) in [6.45, 7) is 14.4. The first-order valence-corrected chi connectivity index (χ1v) is 31.4. The van der Waals surface area contributed by atoms with E-state index in [-0.39, 0.29) is 34.2 Å². The van der Waals surface area contributed by atoms with E-state index < -0.39 is 198 Å². The molecule has 0 aromatic carbocycles. The Morgan fingerprint density at radius 2 is 0.805 bits per heavy atom. The standard InChI is InChI=1S/C60H100O27/c1-24(2)25-10-15-60(23-66)17-16-58(6)26(35(25)60)8-9-33-57(5)13-12-34(56(3,4)32(57)11-14-59(33,58)7)83-51-43(74)38(69)47(28(19-62)79-51)85-53-45(76)40(71)49(30(21-64)81-53)87-55-46(77)41(72)50(31(22-65)82-55)86-54-44(75)39(70)48(29(20-63)80-54)84-52-42(73)37(68)36(67)27(18-61)78-52/h25-55,61-77H,1,8-23H2,2-7H3/t25-,26+,27+,28+,29+,30+,31+,32-,33+,34-,35+,36+,37-,38+,39+,40+,41+,42+,43+,44+,45+,46+,47+,48+,49+,50+,51-,52+,53-,54+,55+,57-,58+,59+,60+/m0/s1. The zero-order chi connectivity index (χ0) is 63.4. The molecule has 0 unspecified atom stereocenters. The quantitative estimate of drug-likeness (QED) is 0.0489. The van der Waals surface area contributed by atoms with Gasteiger partial charge in [-0.2, -0.15) is 0 Å². The largest absolute Gasteiger partial charge is 0.396 e. The molecule has 5 aliphatic heterocycles. The number of hydrogen-bond donors (Lipinski definition) is 17. The van der Waals surface area contributed by atoms with Crippen LogP contribution in [0.15, 0.2) is 12.2 Å². The molecule has 502 valence electrons. The second-order valence-electron chi connectivity index (χ2n) is 28.6. The van der Waals surface area contributed by atoms with Crippen LogP contribution in [0, 0.1) is 56.7 Å². The number of ether oxygens (including phenoxy) is 10. The number of fused-ring (bicyclic) bond motifs is 7. The molecule has 5 aliphatic carbocycles. The summed E-state index contributed by atoms with van der Waals surface area (Å²) in [4.78, 5) is 0. The third kappa shape index (κ3) is 11.5. The lowest BCUT2D eigenvalue weighted by molar-refractivity contribution is -0.394. The van der Waals surface area contributed by atoms with Crippen molar-refractivity contribution in [3.05, 3.63) is 12.2 Å². The molecule has 0 bridgehead atoms. The lowest BCUT2D eigenvalue weighted by Gasteiger charge is -2.73. The predicted octanol–water partition coefficient (Wildman–Crippen LogP) is -3.88. The van der Waals surface area contributed by atoms with Gasteiger partial charge in [-0.1, -0.05) is 46.8 Å². The van der Waals surface area contributed by atoms with E-state index in [0.29, 0.717) is 30.1 Å². The van der Waals surface area contributed by atoms with Crippen LogP contribution >= 0.6 is 0 Å². The van der Waals surface area contributed by atoms with Crippen molar-refractivity contribution in [2.45, 2.75) is 265 Å². The van der Waals surface area contributed by atoms with E-state index in [0.717, 1.165) is 57.8 Å². The maximum absolute atomic E-state index is 11.8. The molecule has 17 N–H and O–H groups in total. The summed E-state index contributed by atoms with van der Waals surface area (Å²) >= 11 is 0. The Labute approximate surface area is 506 Å². The number of aliphatic hydroxyl groups is 17. The molecule has 27 nitrogen and oxygen atoms in total. The zero-order valence-electron chi connectivity index (χ0n) is 50.6. The summed E-state index contributed by atoms with van der Waals surface area (Å²) in [6, 6.07) is 0. The van der Waals surface area contributed by atoms with Gasteiger partial charge in [0.2, 0.25) is 0 Å². The summed E-state index contributed by atoms with van der Waals surface area (Å²) in [5.74, 6) is 2.03. The highest BCUT2D eigenvalue weighted by molar-refractivity contribution is 5.22. The van der Waals surface area contributed by atoms with Crippen molar-refractivity contribution in [1.29, 1.82) is 0 Å². The van der Waals surface area contributed by atoms with Gasteiger partial charge < -0.3 is 134 Å². The van der Waals surface area contributed by atoms with Crippen LogP contribution < -0.4 is 0 Å². The molecule has 0 aromatic rings. The van der Waals surface area contributed by atoms with E-state index in [1.54, 1.807) is 0 Å². The topological polar surface area (TPSA) is 436 Å². The predicted molar refractivity (Wildman–Crippen MR) is 295 cm³/mol. The fourth-order valence-corrected chi connectivity index (χ4v) is 19.1. The van der Waals surface area contributed by atoms with Crippen LogP contribution in [0.2, 0.25) is 0 Å². The number of hydrogen-bond acceptors (Lipinski definition) is 27. The molecule has 5 saturated heterocycles. The van der Waals surface area contributed by atoms with Crippen LogP contribution in [-0.4, -0.2) is 286 Å². The number of allylic oxidation sites excluding steroid dienone is 1. The van der Waals surface area contributed by atoms with E-state index in [1.165, 1.54) is 5.57 Å². The van der Waals surface area contributed by atoms with Gasteiger partial charge >= 0.3 is 0 Å². The summed E-state index contributed by atoms with van der Waals surface area (Å²) in [5, 5.41) is 185. The molecule has 0 spiro atoms. The summed E-state index contributed by atoms with van der Waals surface area (Å²) in [5.41, 5.74) is 0.900. The van der Waals surface area contributed by atoms with E-state index in [4.69, 9.17) is 47.4 Å². The molecule has 0 amide bonds. The van der Waals surface area contributed by atoms with Gasteiger partial charge in [-0.15, -0.1) is 0 Å². The van der Waals surface area contributed by atoms with Gasteiger partial charge in [-0.05, 0) is 128 Å². The third-order valence-electron chi connectivity index (χ3n) is 24.1. The Morgan fingerprint density at radius 3 is 1.21 bits per heavy atom. The highest BCUT2D eigenvalue weighted by Gasteiger charge is 2.71. The van der Waals surface area contributed by atoms with Crippen molar-refractivity contribution in [2.24, 2.45) is 56.7 Å². The zero-order valence-corrected chi connectivity index (χ0v) is 50.6. The molecule has 10 fully saturated rings. The van der Waals surface area contributed by atoms with Crippen molar-refractivity contribution in [1.82, 2.24) is 0 Å². The smallest absolute Gasteiger partial charge is 0.187 e. The van der Waals surface area contributed by atoms with E-state index in [2.05, 4.69) is 48.1 Å². The molecular formula is C60H100O27. The van der Waals surface area contributed by atoms with Crippen LogP contribution in [0.1, 0.15) is 106 Å². The molecule has 10 rings (SSSR count). The van der Waals surface area contributed by atoms with Gasteiger partial charge in [0.15, 0.2) is 31.5 Å². The maximum Gasteiger partial charge on any atom is 0.187 e. The first-order chi connectivity index (χ1) is 41.1. The lowest BCUT2D eigenvalue weighted by atomic mass is 9.32. The highest BCUT2D eigenvalue weighted by Crippen LogP contribution is 2.77. The van der Waals surface area contributed by atoms with Crippen LogP contribution in [0.25, 0.3) is 0 Å². The first-order valence-electron chi connectivity index (χ1n) is 31.4. The van der Waals surface area contributed by atoms with E-state index in [1.807, 2.05) is 0 Å². The van der Waals surface area contributed by atoms with E-state index in [9.17, 15) is 86.8 Å². The molecule has 5 saturated carbocycles. The summed E-state index contributed by atoms with van der Waals surface area (Å²) in [6.07, 6.45) is -35.5. The highest BCUT2D eigenvalue weighted by atomic mass is 16.8. The van der Waals surface area contributed by atoms with Gasteiger partial charge in [0, 0.05) is 6.61 Å². The third-order valence-corrected chi connectivity index (χ3v) is 24.1. The average molecular weight is 1250 g/mol. The second-order valence-corrected chi connectivity index (χ2v) is 28.6. The molecule has 0 aromatic heterocycles. The molecule has 35 atom stereocenters. The lowest BCUT2D eigenvalue weighted by Crippen LogP contribution is -2.68. The average Bonchev–Trinajstić information content (AvgIpc) is 1.62. The van der Waals surface area contributed by atoms with Crippen molar-refractivity contribution in [3.8, 4) is 0 Å². The Kier molecular flexibility index (Phi) is 20.6.